The Morgan fingerprint density at radius 3 is 1.33 bits per heavy atom. The zero-order valence-corrected chi connectivity index (χ0v) is 43.8. The van der Waals surface area contributed by atoms with Crippen molar-refractivity contribution in [3.63, 3.8) is 0 Å². The Balaban J connectivity index is 0.000000162. The molecule has 0 unspecified atom stereocenters. The fourth-order valence-corrected chi connectivity index (χ4v) is 12.2. The highest BCUT2D eigenvalue weighted by Gasteiger charge is 2.41. The van der Waals surface area contributed by atoms with Crippen LogP contribution in [0.4, 0.5) is 22.7 Å². The van der Waals surface area contributed by atoms with Crippen LogP contribution >= 0.6 is 0 Å². The van der Waals surface area contributed by atoms with Crippen molar-refractivity contribution in [3.8, 4) is 0 Å². The van der Waals surface area contributed by atoms with E-state index in [-0.39, 0.29) is 47.5 Å². The molecule has 2 saturated heterocycles. The molecule has 20 heteroatoms. The van der Waals surface area contributed by atoms with Crippen LogP contribution in [0.25, 0.3) is 11.3 Å². The van der Waals surface area contributed by atoms with Crippen LogP contribution in [0.5, 0.6) is 0 Å². The molecule has 4 amide bonds. The van der Waals surface area contributed by atoms with Crippen LogP contribution in [0.2, 0.25) is 0 Å². The summed E-state index contributed by atoms with van der Waals surface area (Å²) in [5, 5.41) is 35.5. The fraction of sp³-hybridized carbons (Fsp3) is 0.500. The lowest BCUT2D eigenvalue weighted by atomic mass is 9.77. The van der Waals surface area contributed by atoms with Gasteiger partial charge in [-0.1, -0.05) is 0 Å². The van der Waals surface area contributed by atoms with E-state index < -0.39 is 11.2 Å². The predicted octanol–water partition coefficient (Wildman–Crippen LogP) is 6.21. The molecule has 12 rings (SSSR count). The van der Waals surface area contributed by atoms with Gasteiger partial charge in [0.1, 0.15) is 11.1 Å². The second-order valence-electron chi connectivity index (χ2n) is 22.2. The number of morpholine rings is 2. The average Bonchev–Trinajstić information content (AvgIpc) is 4.23. The van der Waals surface area contributed by atoms with Crippen molar-refractivity contribution in [3.05, 3.63) is 107 Å². The van der Waals surface area contributed by atoms with E-state index >= 15 is 0 Å². The van der Waals surface area contributed by atoms with E-state index in [2.05, 4.69) is 40.6 Å². The van der Waals surface area contributed by atoms with Gasteiger partial charge in [-0.25, -0.2) is 19.0 Å². The first-order valence-electron chi connectivity index (χ1n) is 26.8. The maximum Gasteiger partial charge on any atom is 0.261 e. The molecule has 0 radical (unpaired) electrons. The van der Waals surface area contributed by atoms with Gasteiger partial charge in [0.05, 0.1) is 72.8 Å². The summed E-state index contributed by atoms with van der Waals surface area (Å²) >= 11 is 0. The SMILES string of the molecule is CC(C)(O)[C@H]1CC[C@@H](N2Cc3cc(NC(=O)c4cnn5cccnc45)c(N4CCOCC4)cc3C2=O)CC1.CC(C)(O)[C@H]1CC[C@H](N2Cc3cc(NC(=O)c4cnn5cccnc45)c(N4CCOCC4)cc3C2=O)CC1. The minimum atomic E-state index is -0.695. The minimum absolute atomic E-state index is 0.0472. The van der Waals surface area contributed by atoms with Crippen molar-refractivity contribution in [1.29, 1.82) is 0 Å². The number of anilines is 4. The lowest BCUT2D eigenvalue weighted by Crippen LogP contribution is -2.42. The van der Waals surface area contributed by atoms with E-state index in [9.17, 15) is 29.4 Å². The van der Waals surface area contributed by atoms with Crippen molar-refractivity contribution >= 4 is 57.7 Å². The second kappa shape index (κ2) is 20.8. The minimum Gasteiger partial charge on any atom is -0.390 e. The number of carbonyl (C=O) groups is 4. The van der Waals surface area contributed by atoms with Gasteiger partial charge in [-0.15, -0.1) is 0 Å². The summed E-state index contributed by atoms with van der Waals surface area (Å²) in [6.45, 7) is 13.6. The number of nitrogens with one attached hydrogen (secondary N) is 2. The van der Waals surface area contributed by atoms with E-state index in [0.717, 1.165) is 73.9 Å². The molecular formula is C56H68N12O8. The largest absolute Gasteiger partial charge is 0.390 e. The molecule has 400 valence electrons. The number of rotatable bonds is 10. The third kappa shape index (κ3) is 10.2. The normalized spacial score (nSPS) is 22.1. The van der Waals surface area contributed by atoms with Crippen molar-refractivity contribution in [1.82, 2.24) is 39.0 Å². The molecule has 76 heavy (non-hydrogen) atoms. The molecule has 4 N–H and O–H groups in total. The van der Waals surface area contributed by atoms with E-state index in [4.69, 9.17) is 9.47 Å². The maximum absolute atomic E-state index is 13.6. The van der Waals surface area contributed by atoms with Crippen LogP contribution < -0.4 is 20.4 Å². The molecule has 2 aliphatic carbocycles. The monoisotopic (exact) mass is 1040 g/mol. The molecule has 8 heterocycles. The highest BCUT2D eigenvalue weighted by Crippen LogP contribution is 2.42. The molecule has 0 bridgehead atoms. The lowest BCUT2D eigenvalue weighted by molar-refractivity contribution is -0.0113. The van der Waals surface area contributed by atoms with Crippen molar-refractivity contribution in [2.75, 3.05) is 73.0 Å². The Hall–Kier alpha value is -7.00. The zero-order valence-electron chi connectivity index (χ0n) is 43.8. The average molecular weight is 1040 g/mol. The first-order valence-corrected chi connectivity index (χ1v) is 26.8. The summed E-state index contributed by atoms with van der Waals surface area (Å²) in [6, 6.07) is 11.6. The highest BCUT2D eigenvalue weighted by molar-refractivity contribution is 6.11. The standard InChI is InChI=1S/2C28H34N6O4/c2*1-28(2,37)19-4-6-20(7-5-19)33-17-18-14-23(24(15-21(18)27(33)36)32-10-12-38-13-11-32)31-26(35)22-16-30-34-9-3-8-29-25(22)34/h2*3,8-9,14-16,19-20,37H,4-7,10-13,17H2,1-2H3,(H,31,35)/t19-,20+;19-,20-. The van der Waals surface area contributed by atoms with Gasteiger partial charge >= 0.3 is 0 Å². The number of amides is 4. The van der Waals surface area contributed by atoms with E-state index in [1.807, 2.05) is 61.8 Å². The van der Waals surface area contributed by atoms with Crippen LogP contribution in [0.1, 0.15) is 132 Å². The van der Waals surface area contributed by atoms with E-state index in [1.54, 1.807) is 46.0 Å². The summed E-state index contributed by atoms with van der Waals surface area (Å²) in [4.78, 5) is 70.9. The van der Waals surface area contributed by atoms with Crippen LogP contribution in [0.3, 0.4) is 0 Å². The van der Waals surface area contributed by atoms with Gasteiger partial charge in [0, 0.05) is 87.3 Å². The Morgan fingerprint density at radius 1 is 0.579 bits per heavy atom. The Bertz CT molecular complexity index is 2940. The zero-order chi connectivity index (χ0) is 52.9. The topological polar surface area (TPSA) is 225 Å². The molecule has 4 aromatic heterocycles. The molecule has 4 aliphatic heterocycles. The number of hydrogen-bond acceptors (Lipinski definition) is 14. The van der Waals surface area contributed by atoms with Gasteiger partial charge in [-0.2, -0.15) is 10.2 Å². The Kier molecular flexibility index (Phi) is 14.0. The van der Waals surface area contributed by atoms with Crippen molar-refractivity contribution in [2.24, 2.45) is 11.8 Å². The maximum atomic E-state index is 13.6. The molecule has 6 aliphatic rings. The van der Waals surface area contributed by atoms with Crippen LogP contribution in [0, 0.1) is 11.8 Å². The first kappa shape index (κ1) is 51.1. The number of fused-ring (bicyclic) bond motifs is 4. The number of benzene rings is 2. The van der Waals surface area contributed by atoms with Gasteiger partial charge in [-0.05, 0) is 138 Å². The quantitative estimate of drug-likeness (QED) is 0.120. The Labute approximate surface area is 441 Å². The number of aliphatic hydroxyl groups is 2. The smallest absolute Gasteiger partial charge is 0.261 e. The van der Waals surface area contributed by atoms with Gasteiger partial charge in [0.15, 0.2) is 11.3 Å². The predicted molar refractivity (Wildman–Crippen MR) is 285 cm³/mol. The van der Waals surface area contributed by atoms with Gasteiger partial charge in [0.2, 0.25) is 0 Å². The number of ether oxygens (including phenoxy) is 2. The van der Waals surface area contributed by atoms with Gasteiger partial charge in [0.25, 0.3) is 23.6 Å². The number of aromatic nitrogens is 6. The molecule has 0 atom stereocenters. The van der Waals surface area contributed by atoms with Gasteiger partial charge in [-0.3, -0.25) is 19.2 Å². The van der Waals surface area contributed by atoms with Crippen LogP contribution in [0.15, 0.2) is 73.6 Å². The lowest BCUT2D eigenvalue weighted by Gasteiger charge is -2.39. The Morgan fingerprint density at radius 2 is 0.961 bits per heavy atom. The summed E-state index contributed by atoms with van der Waals surface area (Å²) in [6.07, 6.45) is 17.0. The number of carbonyl (C=O) groups excluding carboxylic acids is 4. The van der Waals surface area contributed by atoms with Crippen molar-refractivity contribution in [2.45, 2.75) is 115 Å². The third-order valence-electron chi connectivity index (χ3n) is 16.6. The summed E-state index contributed by atoms with van der Waals surface area (Å²) in [7, 11) is 0. The summed E-state index contributed by atoms with van der Waals surface area (Å²) < 4.78 is 14.2. The van der Waals surface area contributed by atoms with Crippen molar-refractivity contribution < 1.29 is 38.9 Å². The van der Waals surface area contributed by atoms with Crippen LogP contribution in [-0.4, -0.2) is 149 Å². The molecule has 6 aromatic rings. The third-order valence-corrected chi connectivity index (χ3v) is 16.6. The molecule has 2 saturated carbocycles. The first-order chi connectivity index (χ1) is 36.6. The molecular weight excluding hydrogens is 969 g/mol. The number of nitrogens with zero attached hydrogens (tertiary/aromatic N) is 10. The molecule has 0 spiro atoms. The highest BCUT2D eigenvalue weighted by atomic mass is 16.5. The second-order valence-corrected chi connectivity index (χ2v) is 22.2. The van der Waals surface area contributed by atoms with E-state index in [0.29, 0.717) is 111 Å². The van der Waals surface area contributed by atoms with Gasteiger partial charge < -0.3 is 49.9 Å². The molecule has 2 aromatic carbocycles. The summed E-state index contributed by atoms with van der Waals surface area (Å²) in [5.74, 6) is 0.0152. The summed E-state index contributed by atoms with van der Waals surface area (Å²) in [5.41, 5.74) is 6.60. The molecule has 4 fully saturated rings. The fourth-order valence-electron chi connectivity index (χ4n) is 12.2. The molecule has 20 nitrogen and oxygen atoms in total. The van der Waals surface area contributed by atoms with Crippen LogP contribution in [-0.2, 0) is 22.6 Å². The van der Waals surface area contributed by atoms with E-state index in [1.165, 1.54) is 12.4 Å². The number of hydrogen-bond donors (Lipinski definition) is 4.